The van der Waals surface area contributed by atoms with E-state index >= 15 is 0 Å². The number of ether oxygens (including phenoxy) is 1. The number of benzene rings is 2. The van der Waals surface area contributed by atoms with Gasteiger partial charge in [0.2, 0.25) is 10.0 Å². The number of halogens is 1. The number of esters is 1. The maximum Gasteiger partial charge on any atom is 0.338 e. The summed E-state index contributed by atoms with van der Waals surface area (Å²) in [4.78, 5) is 23.5. The van der Waals surface area contributed by atoms with E-state index in [4.69, 9.17) is 27.2 Å². The Morgan fingerprint density at radius 1 is 1.16 bits per heavy atom. The highest BCUT2D eigenvalue weighted by molar-refractivity contribution is 7.89. The van der Waals surface area contributed by atoms with Crippen LogP contribution in [-0.2, 0) is 19.6 Å². The van der Waals surface area contributed by atoms with Gasteiger partial charge in [-0.1, -0.05) is 17.7 Å². The maximum atomic E-state index is 11.9. The average molecular weight is 384 g/mol. The lowest BCUT2D eigenvalue weighted by molar-refractivity contribution is -0.119. The first-order chi connectivity index (χ1) is 11.7. The number of carbonyl (C=O) groups is 2. The van der Waals surface area contributed by atoms with E-state index in [0.717, 1.165) is 0 Å². The van der Waals surface area contributed by atoms with Crippen molar-refractivity contribution < 1.29 is 22.7 Å². The van der Waals surface area contributed by atoms with Crippen molar-refractivity contribution in [2.45, 2.75) is 4.90 Å². The predicted octanol–water partition coefficient (Wildman–Crippen LogP) is 1.37. The molecule has 0 aliphatic rings. The van der Waals surface area contributed by atoms with Crippen LogP contribution in [0.25, 0.3) is 0 Å². The first-order valence-corrected chi connectivity index (χ1v) is 8.74. The molecule has 0 saturated carbocycles. The number of nitrogen functional groups attached to an aromatic ring is 1. The van der Waals surface area contributed by atoms with E-state index in [-0.39, 0.29) is 21.8 Å². The van der Waals surface area contributed by atoms with Crippen LogP contribution in [0.1, 0.15) is 10.4 Å². The molecule has 0 aromatic heterocycles. The van der Waals surface area contributed by atoms with Crippen LogP contribution in [0.5, 0.6) is 0 Å². The fraction of sp³-hybridized carbons (Fsp3) is 0.0667. The van der Waals surface area contributed by atoms with Gasteiger partial charge in [-0.15, -0.1) is 0 Å². The number of anilines is 2. The fourth-order valence-electron chi connectivity index (χ4n) is 1.83. The summed E-state index contributed by atoms with van der Waals surface area (Å²) in [5, 5.41) is 7.71. The molecule has 0 bridgehead atoms. The third-order valence-electron chi connectivity index (χ3n) is 3.01. The van der Waals surface area contributed by atoms with Gasteiger partial charge in [-0.3, -0.25) is 4.79 Å². The van der Waals surface area contributed by atoms with Crippen molar-refractivity contribution >= 4 is 44.9 Å². The summed E-state index contributed by atoms with van der Waals surface area (Å²) in [6.45, 7) is -0.568. The van der Waals surface area contributed by atoms with Gasteiger partial charge >= 0.3 is 5.97 Å². The Morgan fingerprint density at radius 2 is 1.88 bits per heavy atom. The molecular weight excluding hydrogens is 370 g/mol. The molecular formula is C15H14ClN3O5S. The molecule has 2 aromatic carbocycles. The molecule has 10 heteroatoms. The molecule has 2 rings (SSSR count). The molecule has 0 aliphatic carbocycles. The second-order valence-electron chi connectivity index (χ2n) is 4.93. The van der Waals surface area contributed by atoms with E-state index in [1.807, 2.05) is 0 Å². The van der Waals surface area contributed by atoms with Crippen molar-refractivity contribution in [3.63, 3.8) is 0 Å². The molecule has 2 aromatic rings. The molecule has 0 spiro atoms. The topological polar surface area (TPSA) is 142 Å². The van der Waals surface area contributed by atoms with Gasteiger partial charge in [0, 0.05) is 5.69 Å². The number of hydrogen-bond acceptors (Lipinski definition) is 6. The molecule has 0 fully saturated rings. The van der Waals surface area contributed by atoms with Crippen molar-refractivity contribution in [1.29, 1.82) is 0 Å². The lowest BCUT2D eigenvalue weighted by atomic mass is 10.2. The molecule has 132 valence electrons. The first-order valence-electron chi connectivity index (χ1n) is 6.81. The highest BCUT2D eigenvalue weighted by atomic mass is 35.5. The molecule has 25 heavy (non-hydrogen) atoms. The Morgan fingerprint density at radius 3 is 2.52 bits per heavy atom. The summed E-state index contributed by atoms with van der Waals surface area (Å²) in [5.74, 6) is -1.40. The molecule has 0 saturated heterocycles. The monoisotopic (exact) mass is 383 g/mol. The molecule has 0 radical (unpaired) electrons. The minimum Gasteiger partial charge on any atom is -0.452 e. The fourth-order valence-corrected chi connectivity index (χ4v) is 2.51. The average Bonchev–Trinajstić information content (AvgIpc) is 2.54. The normalized spacial score (nSPS) is 11.0. The summed E-state index contributed by atoms with van der Waals surface area (Å²) >= 11 is 5.75. The number of rotatable bonds is 5. The van der Waals surface area contributed by atoms with Gasteiger partial charge in [-0.05, 0) is 36.4 Å². The lowest BCUT2D eigenvalue weighted by Gasteiger charge is -2.08. The van der Waals surface area contributed by atoms with Crippen LogP contribution in [0.3, 0.4) is 0 Å². The van der Waals surface area contributed by atoms with Crippen molar-refractivity contribution in [1.82, 2.24) is 0 Å². The highest BCUT2D eigenvalue weighted by Gasteiger charge is 2.13. The highest BCUT2D eigenvalue weighted by Crippen LogP contribution is 2.20. The van der Waals surface area contributed by atoms with Crippen molar-refractivity contribution in [3.05, 3.63) is 53.1 Å². The number of carbonyl (C=O) groups excluding carboxylic acids is 2. The Hall–Kier alpha value is -2.62. The number of amides is 1. The summed E-state index contributed by atoms with van der Waals surface area (Å²) in [5.41, 5.74) is 6.14. The van der Waals surface area contributed by atoms with E-state index in [1.54, 1.807) is 0 Å². The summed E-state index contributed by atoms with van der Waals surface area (Å²) in [6, 6.07) is 9.54. The zero-order valence-corrected chi connectivity index (χ0v) is 14.3. The van der Waals surface area contributed by atoms with Crippen LogP contribution in [0.4, 0.5) is 11.4 Å². The molecule has 0 aliphatic heterocycles. The van der Waals surface area contributed by atoms with Gasteiger partial charge in [-0.2, -0.15) is 0 Å². The Kier molecular flexibility index (Phi) is 5.62. The lowest BCUT2D eigenvalue weighted by Crippen LogP contribution is -2.21. The second-order valence-corrected chi connectivity index (χ2v) is 6.90. The molecule has 8 nitrogen and oxygen atoms in total. The van der Waals surface area contributed by atoms with Gasteiger partial charge in [0.05, 0.1) is 21.2 Å². The number of sulfonamides is 1. The van der Waals surface area contributed by atoms with Crippen molar-refractivity contribution in [2.75, 3.05) is 17.7 Å². The number of nitrogens with one attached hydrogen (secondary N) is 1. The van der Waals surface area contributed by atoms with Crippen LogP contribution in [0.15, 0.2) is 47.4 Å². The predicted molar refractivity (Wildman–Crippen MR) is 92.6 cm³/mol. The van der Waals surface area contributed by atoms with E-state index < -0.39 is 28.5 Å². The van der Waals surface area contributed by atoms with Crippen LogP contribution >= 0.6 is 11.6 Å². The zero-order valence-electron chi connectivity index (χ0n) is 12.7. The first kappa shape index (κ1) is 18.7. The quantitative estimate of drug-likeness (QED) is 0.525. The zero-order chi connectivity index (χ0) is 18.6. The minimum atomic E-state index is -3.89. The van der Waals surface area contributed by atoms with Crippen LogP contribution in [-0.4, -0.2) is 26.9 Å². The molecule has 0 unspecified atom stereocenters. The summed E-state index contributed by atoms with van der Waals surface area (Å²) < 4.78 is 27.4. The second kappa shape index (κ2) is 7.51. The van der Waals surface area contributed by atoms with Gasteiger partial charge < -0.3 is 15.8 Å². The van der Waals surface area contributed by atoms with Gasteiger partial charge in [0.1, 0.15) is 0 Å². The molecule has 0 atom stereocenters. The van der Waals surface area contributed by atoms with E-state index in [2.05, 4.69) is 5.32 Å². The van der Waals surface area contributed by atoms with E-state index in [9.17, 15) is 18.0 Å². The standard InChI is InChI=1S/C15H14ClN3O5S/c16-12-5-4-9(6-13(12)17)15(21)24-8-14(20)19-10-2-1-3-11(7-10)25(18,22)23/h1-7H,8,17H2,(H,19,20)(H2,18,22,23). The molecule has 0 heterocycles. The maximum absolute atomic E-state index is 11.9. The van der Waals surface area contributed by atoms with Gasteiger partial charge in [0.15, 0.2) is 6.61 Å². The number of primary sulfonamides is 1. The Bertz CT molecular complexity index is 931. The smallest absolute Gasteiger partial charge is 0.338 e. The molecule has 1 amide bonds. The largest absolute Gasteiger partial charge is 0.452 e. The number of hydrogen-bond donors (Lipinski definition) is 3. The Labute approximate surface area is 148 Å². The summed E-state index contributed by atoms with van der Waals surface area (Å²) in [6.07, 6.45) is 0. The Balaban J connectivity index is 1.96. The minimum absolute atomic E-state index is 0.144. The SMILES string of the molecule is Nc1cc(C(=O)OCC(=O)Nc2cccc(S(N)(=O)=O)c2)ccc1Cl. The van der Waals surface area contributed by atoms with Gasteiger partial charge in [0.25, 0.3) is 5.91 Å². The van der Waals surface area contributed by atoms with Crippen LogP contribution in [0, 0.1) is 0 Å². The van der Waals surface area contributed by atoms with E-state index in [1.165, 1.54) is 42.5 Å². The molecule has 5 N–H and O–H groups in total. The van der Waals surface area contributed by atoms with E-state index in [0.29, 0.717) is 5.02 Å². The third kappa shape index (κ3) is 5.18. The summed E-state index contributed by atoms with van der Waals surface area (Å²) in [7, 11) is -3.89. The van der Waals surface area contributed by atoms with Crippen LogP contribution < -0.4 is 16.2 Å². The number of nitrogens with two attached hydrogens (primary N) is 2. The van der Waals surface area contributed by atoms with Crippen molar-refractivity contribution in [2.24, 2.45) is 5.14 Å². The third-order valence-corrected chi connectivity index (χ3v) is 4.27. The van der Waals surface area contributed by atoms with Crippen LogP contribution in [0.2, 0.25) is 5.02 Å². The van der Waals surface area contributed by atoms with Gasteiger partial charge in [-0.25, -0.2) is 18.4 Å². The van der Waals surface area contributed by atoms with Crippen molar-refractivity contribution in [3.8, 4) is 0 Å².